The Morgan fingerprint density at radius 1 is 0.833 bits per heavy atom. The Hall–Kier alpha value is -2.48. The minimum atomic E-state index is -1.71. The lowest BCUT2D eigenvalue weighted by molar-refractivity contribution is 0.0923. The van der Waals surface area contributed by atoms with Crippen molar-refractivity contribution in [2.45, 2.75) is 4.90 Å². The number of hydrogen-bond donors (Lipinski definition) is 3. The number of rotatable bonds is 5. The molecule has 2 N–H and O–H groups in total. The van der Waals surface area contributed by atoms with Crippen molar-refractivity contribution in [1.29, 1.82) is 0 Å². The number of hydrogen-bond acceptors (Lipinski definition) is 3. The molecule has 0 aliphatic rings. The summed E-state index contributed by atoms with van der Waals surface area (Å²) in [6, 6.07) is 8.17. The number of benzene rings is 2. The van der Waals surface area contributed by atoms with Crippen LogP contribution in [-0.4, -0.2) is 24.9 Å². The molecule has 0 heterocycles. The van der Waals surface area contributed by atoms with Gasteiger partial charge in [0.05, 0.1) is 11.1 Å². The summed E-state index contributed by atoms with van der Waals surface area (Å²) in [5.41, 5.74) is -0.236. The van der Waals surface area contributed by atoms with Crippen molar-refractivity contribution in [3.05, 3.63) is 65.0 Å². The minimum absolute atomic E-state index is 0.0161. The molecule has 4 nitrogen and oxygen atoms in total. The molecule has 2 aromatic rings. The standard InChI is InChI=1S/C16H13F3N2O2S/c17-11-6-5-10(13(18)14(11)19)16(23)21-8-7-20-15(22)9-3-1-2-4-12(9)24/h1-6,24H,7-8H2,(H,20,22)(H,21,23). The summed E-state index contributed by atoms with van der Waals surface area (Å²) in [5.74, 6) is -5.92. The molecule has 24 heavy (non-hydrogen) atoms. The van der Waals surface area contributed by atoms with Gasteiger partial charge in [-0.2, -0.15) is 0 Å². The third-order valence-corrected chi connectivity index (χ3v) is 3.51. The van der Waals surface area contributed by atoms with Crippen LogP contribution in [0.4, 0.5) is 13.2 Å². The second-order valence-electron chi connectivity index (χ2n) is 4.75. The molecule has 0 spiro atoms. The summed E-state index contributed by atoms with van der Waals surface area (Å²) < 4.78 is 39.4. The molecule has 0 aliphatic carbocycles. The van der Waals surface area contributed by atoms with Crippen LogP contribution in [-0.2, 0) is 0 Å². The van der Waals surface area contributed by atoms with E-state index in [4.69, 9.17) is 0 Å². The van der Waals surface area contributed by atoms with Gasteiger partial charge in [-0.15, -0.1) is 12.6 Å². The molecule has 8 heteroatoms. The second kappa shape index (κ2) is 7.87. The first-order valence-electron chi connectivity index (χ1n) is 6.89. The Kier molecular flexibility index (Phi) is 5.86. The number of carbonyl (C=O) groups excluding carboxylic acids is 2. The molecule has 0 saturated heterocycles. The first kappa shape index (κ1) is 17.9. The smallest absolute Gasteiger partial charge is 0.254 e. The monoisotopic (exact) mass is 354 g/mol. The van der Waals surface area contributed by atoms with Gasteiger partial charge < -0.3 is 10.6 Å². The lowest BCUT2D eigenvalue weighted by Gasteiger charge is -2.09. The van der Waals surface area contributed by atoms with Crippen molar-refractivity contribution in [1.82, 2.24) is 10.6 Å². The Bertz CT molecular complexity index is 784. The van der Waals surface area contributed by atoms with Gasteiger partial charge in [0.1, 0.15) is 0 Å². The Morgan fingerprint density at radius 2 is 1.42 bits per heavy atom. The van der Waals surface area contributed by atoms with Crippen molar-refractivity contribution in [3.8, 4) is 0 Å². The molecule has 0 fully saturated rings. The van der Waals surface area contributed by atoms with E-state index in [1.54, 1.807) is 24.3 Å². The summed E-state index contributed by atoms with van der Waals surface area (Å²) in [5, 5.41) is 4.86. The van der Waals surface area contributed by atoms with Crippen molar-refractivity contribution in [2.75, 3.05) is 13.1 Å². The van der Waals surface area contributed by atoms with Crippen molar-refractivity contribution >= 4 is 24.4 Å². The Labute approximate surface area is 141 Å². The van der Waals surface area contributed by atoms with Crippen molar-refractivity contribution in [2.24, 2.45) is 0 Å². The molecule has 2 amide bonds. The lowest BCUT2D eigenvalue weighted by atomic mass is 10.2. The summed E-state index contributed by atoms with van der Waals surface area (Å²) >= 11 is 4.15. The minimum Gasteiger partial charge on any atom is -0.350 e. The average molecular weight is 354 g/mol. The van der Waals surface area contributed by atoms with Crippen LogP contribution in [0.25, 0.3) is 0 Å². The SMILES string of the molecule is O=C(NCCNC(=O)c1ccc(F)c(F)c1F)c1ccccc1S. The van der Waals surface area contributed by atoms with Crippen molar-refractivity contribution < 1.29 is 22.8 Å². The van der Waals surface area contributed by atoms with Gasteiger partial charge in [0.15, 0.2) is 17.5 Å². The zero-order valence-corrected chi connectivity index (χ0v) is 13.2. The zero-order valence-electron chi connectivity index (χ0n) is 12.3. The fourth-order valence-electron chi connectivity index (χ4n) is 1.91. The molecule has 2 rings (SSSR count). The van der Waals surface area contributed by atoms with Crippen LogP contribution in [0.15, 0.2) is 41.3 Å². The third kappa shape index (κ3) is 4.08. The highest BCUT2D eigenvalue weighted by Crippen LogP contribution is 2.15. The van der Waals surface area contributed by atoms with Crippen LogP contribution < -0.4 is 10.6 Å². The number of carbonyl (C=O) groups is 2. The van der Waals surface area contributed by atoms with E-state index in [1.807, 2.05) is 0 Å². The van der Waals surface area contributed by atoms with E-state index in [9.17, 15) is 22.8 Å². The normalized spacial score (nSPS) is 10.3. The second-order valence-corrected chi connectivity index (χ2v) is 5.23. The van der Waals surface area contributed by atoms with Crippen LogP contribution in [0.3, 0.4) is 0 Å². The van der Waals surface area contributed by atoms with E-state index in [0.29, 0.717) is 16.5 Å². The molecular weight excluding hydrogens is 341 g/mol. The fraction of sp³-hybridized carbons (Fsp3) is 0.125. The molecular formula is C16H13F3N2O2S. The van der Waals surface area contributed by atoms with Gasteiger partial charge >= 0.3 is 0 Å². The first-order valence-corrected chi connectivity index (χ1v) is 7.34. The van der Waals surface area contributed by atoms with Crippen LogP contribution in [0.1, 0.15) is 20.7 Å². The number of nitrogens with one attached hydrogen (secondary N) is 2. The van der Waals surface area contributed by atoms with E-state index in [1.165, 1.54) is 0 Å². The summed E-state index contributed by atoms with van der Waals surface area (Å²) in [6.45, 7) is 0.0513. The Balaban J connectivity index is 1.87. The molecule has 0 unspecified atom stereocenters. The molecule has 0 bridgehead atoms. The maximum absolute atomic E-state index is 13.5. The lowest BCUT2D eigenvalue weighted by Crippen LogP contribution is -2.35. The molecule has 0 atom stereocenters. The molecule has 0 aromatic heterocycles. The van der Waals surface area contributed by atoms with Crippen LogP contribution >= 0.6 is 12.6 Å². The fourth-order valence-corrected chi connectivity index (χ4v) is 2.17. The number of halogens is 3. The van der Waals surface area contributed by atoms with Gasteiger partial charge in [-0.3, -0.25) is 9.59 Å². The van der Waals surface area contributed by atoms with Crippen molar-refractivity contribution in [3.63, 3.8) is 0 Å². The molecule has 0 aliphatic heterocycles. The van der Waals surface area contributed by atoms with E-state index in [0.717, 1.165) is 6.07 Å². The summed E-state index contributed by atoms with van der Waals surface area (Å²) in [6.07, 6.45) is 0. The topological polar surface area (TPSA) is 58.2 Å². The highest BCUT2D eigenvalue weighted by molar-refractivity contribution is 7.80. The van der Waals surface area contributed by atoms with E-state index in [-0.39, 0.29) is 19.0 Å². The molecule has 0 saturated carbocycles. The molecule has 126 valence electrons. The maximum atomic E-state index is 13.5. The maximum Gasteiger partial charge on any atom is 0.254 e. The van der Waals surface area contributed by atoms with Gasteiger partial charge in [0.2, 0.25) is 0 Å². The van der Waals surface area contributed by atoms with E-state index >= 15 is 0 Å². The predicted octanol–water partition coefficient (Wildman–Crippen LogP) is 2.55. The van der Waals surface area contributed by atoms with Gasteiger partial charge in [0.25, 0.3) is 11.8 Å². The predicted molar refractivity (Wildman–Crippen MR) is 84.7 cm³/mol. The largest absolute Gasteiger partial charge is 0.350 e. The van der Waals surface area contributed by atoms with Gasteiger partial charge in [-0.05, 0) is 24.3 Å². The van der Waals surface area contributed by atoms with Gasteiger partial charge in [0, 0.05) is 18.0 Å². The van der Waals surface area contributed by atoms with E-state index in [2.05, 4.69) is 23.3 Å². The van der Waals surface area contributed by atoms with Crippen LogP contribution in [0.2, 0.25) is 0 Å². The summed E-state index contributed by atoms with van der Waals surface area (Å²) in [4.78, 5) is 24.1. The average Bonchev–Trinajstić information content (AvgIpc) is 2.56. The quantitative estimate of drug-likeness (QED) is 0.439. The van der Waals surface area contributed by atoms with E-state index < -0.39 is 28.9 Å². The number of amides is 2. The molecule has 0 radical (unpaired) electrons. The number of thiol groups is 1. The Morgan fingerprint density at radius 3 is 2.04 bits per heavy atom. The van der Waals surface area contributed by atoms with Crippen LogP contribution in [0.5, 0.6) is 0 Å². The van der Waals surface area contributed by atoms with Crippen LogP contribution in [0, 0.1) is 17.5 Å². The summed E-state index contributed by atoms with van der Waals surface area (Å²) in [7, 11) is 0. The highest BCUT2D eigenvalue weighted by atomic mass is 32.1. The van der Waals surface area contributed by atoms with Gasteiger partial charge in [-0.25, -0.2) is 13.2 Å². The zero-order chi connectivity index (χ0) is 17.7. The highest BCUT2D eigenvalue weighted by Gasteiger charge is 2.18. The first-order chi connectivity index (χ1) is 11.4. The van der Waals surface area contributed by atoms with Gasteiger partial charge in [-0.1, -0.05) is 12.1 Å². The molecule has 2 aromatic carbocycles. The third-order valence-electron chi connectivity index (χ3n) is 3.12.